The molecule has 1 aromatic carbocycles. The van der Waals surface area contributed by atoms with E-state index in [0.29, 0.717) is 5.69 Å². The lowest BCUT2D eigenvalue weighted by Crippen LogP contribution is -2.40. The number of alkyl carbamates (subject to hydrolysis) is 1. The summed E-state index contributed by atoms with van der Waals surface area (Å²) in [7, 11) is 0. The smallest absolute Gasteiger partial charge is 0.407 e. The van der Waals surface area contributed by atoms with Crippen LogP contribution in [0.4, 0.5) is 4.79 Å². The minimum absolute atomic E-state index is 0.0276. The third-order valence-corrected chi connectivity index (χ3v) is 4.16. The van der Waals surface area contributed by atoms with Gasteiger partial charge in [-0.3, -0.25) is 4.98 Å². The third kappa shape index (κ3) is 4.91. The Hall–Kier alpha value is -3.49. The average molecular weight is 411 g/mol. The molecule has 30 heavy (non-hydrogen) atoms. The second-order valence-electron chi connectivity index (χ2n) is 7.93. The van der Waals surface area contributed by atoms with E-state index >= 15 is 0 Å². The van der Waals surface area contributed by atoms with Crippen molar-refractivity contribution in [2.75, 3.05) is 6.61 Å². The minimum atomic E-state index is -0.621. The van der Waals surface area contributed by atoms with Gasteiger partial charge in [-0.1, -0.05) is 23.4 Å². The van der Waals surface area contributed by atoms with Gasteiger partial charge >= 0.3 is 12.1 Å². The molecule has 1 N–H and O–H groups in total. The number of hydrogen-bond donors (Lipinski definition) is 1. The van der Waals surface area contributed by atoms with Gasteiger partial charge in [0, 0.05) is 11.6 Å². The minimum Gasteiger partial charge on any atom is -0.459 e. The molecule has 0 fully saturated rings. The summed E-state index contributed by atoms with van der Waals surface area (Å²) in [5.41, 5.74) is 1.51. The molecule has 0 aliphatic rings. The van der Waals surface area contributed by atoms with E-state index in [0.717, 1.165) is 16.6 Å². The van der Waals surface area contributed by atoms with Crippen LogP contribution in [0.1, 0.15) is 43.9 Å². The van der Waals surface area contributed by atoms with E-state index in [1.165, 1.54) is 0 Å². The summed E-state index contributed by atoms with van der Waals surface area (Å²) in [4.78, 5) is 28.7. The van der Waals surface area contributed by atoms with Crippen LogP contribution >= 0.6 is 0 Å². The first-order valence-electron chi connectivity index (χ1n) is 9.59. The largest absolute Gasteiger partial charge is 0.459 e. The molecule has 0 bridgehead atoms. The monoisotopic (exact) mass is 411 g/mol. The molecule has 1 atom stereocenters. The van der Waals surface area contributed by atoms with Crippen molar-refractivity contribution in [1.82, 2.24) is 25.3 Å². The lowest BCUT2D eigenvalue weighted by atomic mass is 10.2. The summed E-state index contributed by atoms with van der Waals surface area (Å²) in [5, 5.41) is 11.7. The summed E-state index contributed by atoms with van der Waals surface area (Å²) < 4.78 is 12.0. The Morgan fingerprint density at radius 3 is 2.67 bits per heavy atom. The summed E-state index contributed by atoms with van der Waals surface area (Å²) in [6, 6.07) is 9.08. The van der Waals surface area contributed by atoms with Crippen molar-refractivity contribution in [3.8, 4) is 5.69 Å². The van der Waals surface area contributed by atoms with Gasteiger partial charge in [0.1, 0.15) is 12.2 Å². The molecule has 2 heterocycles. The predicted octanol–water partition coefficient (Wildman–Crippen LogP) is 3.19. The standard InChI is InChI=1S/C21H25N5O4/c1-13(23-20(28)30-21(3,4)5)12-29-19(27)17-14(2)26(25-24-17)16-10-6-8-15-9-7-11-22-18(15)16/h6-11,13H,12H2,1-5H3,(H,23,28)/t13-/m1/s1. The number of aromatic nitrogens is 4. The van der Waals surface area contributed by atoms with Crippen molar-refractivity contribution in [2.45, 2.75) is 46.3 Å². The quantitative estimate of drug-likeness (QED) is 0.642. The Labute approximate surface area is 174 Å². The number of carbonyl (C=O) groups is 2. The number of amides is 1. The van der Waals surface area contributed by atoms with Crippen LogP contribution in [0, 0.1) is 6.92 Å². The van der Waals surface area contributed by atoms with Crippen LogP contribution in [0.3, 0.4) is 0 Å². The van der Waals surface area contributed by atoms with E-state index in [1.54, 1.807) is 45.5 Å². The maximum absolute atomic E-state index is 12.5. The Morgan fingerprint density at radius 2 is 1.93 bits per heavy atom. The Balaban J connectivity index is 1.68. The van der Waals surface area contributed by atoms with Crippen LogP contribution in [0.2, 0.25) is 0 Å². The molecule has 3 rings (SSSR count). The molecule has 0 radical (unpaired) electrons. The van der Waals surface area contributed by atoms with E-state index < -0.39 is 23.7 Å². The van der Waals surface area contributed by atoms with Gasteiger partial charge in [-0.05, 0) is 46.8 Å². The average Bonchev–Trinajstić information content (AvgIpc) is 3.05. The Kier molecular flexibility index (Phi) is 6.00. The molecule has 0 aliphatic carbocycles. The topological polar surface area (TPSA) is 108 Å². The normalized spacial score (nSPS) is 12.4. The molecular weight excluding hydrogens is 386 g/mol. The Morgan fingerprint density at radius 1 is 1.20 bits per heavy atom. The van der Waals surface area contributed by atoms with Crippen molar-refractivity contribution in [3.63, 3.8) is 0 Å². The lowest BCUT2D eigenvalue weighted by Gasteiger charge is -2.21. The molecule has 2 aromatic heterocycles. The van der Waals surface area contributed by atoms with Crippen LogP contribution in [-0.4, -0.2) is 50.3 Å². The number of ether oxygens (including phenoxy) is 2. The summed E-state index contributed by atoms with van der Waals surface area (Å²) >= 11 is 0. The van der Waals surface area contributed by atoms with Gasteiger partial charge in [0.2, 0.25) is 0 Å². The van der Waals surface area contributed by atoms with Crippen LogP contribution < -0.4 is 5.32 Å². The Bertz CT molecular complexity index is 1070. The van der Waals surface area contributed by atoms with Crippen molar-refractivity contribution < 1.29 is 19.1 Å². The second-order valence-corrected chi connectivity index (χ2v) is 7.93. The molecule has 1 amide bonds. The SMILES string of the molecule is Cc1c(C(=O)OC[C@@H](C)NC(=O)OC(C)(C)C)nnn1-c1cccc2cccnc12. The molecular formula is C21H25N5O4. The van der Waals surface area contributed by atoms with Crippen molar-refractivity contribution >= 4 is 23.0 Å². The number of carbonyl (C=O) groups excluding carboxylic acids is 2. The van der Waals surface area contributed by atoms with E-state index in [1.807, 2.05) is 30.3 Å². The fourth-order valence-electron chi connectivity index (χ4n) is 2.83. The van der Waals surface area contributed by atoms with Gasteiger partial charge < -0.3 is 14.8 Å². The van der Waals surface area contributed by atoms with E-state index in [4.69, 9.17) is 9.47 Å². The number of esters is 1. The highest BCUT2D eigenvalue weighted by atomic mass is 16.6. The first-order chi connectivity index (χ1) is 14.2. The van der Waals surface area contributed by atoms with Crippen LogP contribution in [0.5, 0.6) is 0 Å². The van der Waals surface area contributed by atoms with E-state index in [9.17, 15) is 9.59 Å². The number of para-hydroxylation sites is 1. The molecule has 3 aromatic rings. The van der Waals surface area contributed by atoms with Crippen LogP contribution in [-0.2, 0) is 9.47 Å². The van der Waals surface area contributed by atoms with Crippen LogP contribution in [0.25, 0.3) is 16.6 Å². The maximum Gasteiger partial charge on any atom is 0.407 e. The molecule has 0 saturated carbocycles. The number of pyridine rings is 1. The van der Waals surface area contributed by atoms with Gasteiger partial charge in [-0.2, -0.15) is 0 Å². The predicted molar refractivity (Wildman–Crippen MR) is 111 cm³/mol. The molecule has 9 nitrogen and oxygen atoms in total. The molecule has 0 saturated heterocycles. The first kappa shape index (κ1) is 21.2. The maximum atomic E-state index is 12.5. The van der Waals surface area contributed by atoms with Gasteiger partial charge in [-0.25, -0.2) is 14.3 Å². The lowest BCUT2D eigenvalue weighted by molar-refractivity contribution is 0.0376. The molecule has 0 aliphatic heterocycles. The zero-order valence-corrected chi connectivity index (χ0v) is 17.7. The second kappa shape index (κ2) is 8.48. The fraction of sp³-hybridized carbons (Fsp3) is 0.381. The third-order valence-electron chi connectivity index (χ3n) is 4.16. The molecule has 158 valence electrons. The molecule has 0 unspecified atom stereocenters. The van der Waals surface area contributed by atoms with Gasteiger partial charge in [0.15, 0.2) is 5.69 Å². The van der Waals surface area contributed by atoms with Crippen molar-refractivity contribution in [2.24, 2.45) is 0 Å². The number of hydrogen-bond acceptors (Lipinski definition) is 7. The summed E-state index contributed by atoms with van der Waals surface area (Å²) in [5.74, 6) is -0.621. The molecule has 9 heteroatoms. The number of rotatable bonds is 5. The summed E-state index contributed by atoms with van der Waals surface area (Å²) in [6.07, 6.45) is 1.13. The van der Waals surface area contributed by atoms with Crippen LogP contribution in [0.15, 0.2) is 36.5 Å². The van der Waals surface area contributed by atoms with Crippen molar-refractivity contribution in [1.29, 1.82) is 0 Å². The van der Waals surface area contributed by atoms with Gasteiger partial charge in [0.25, 0.3) is 0 Å². The van der Waals surface area contributed by atoms with E-state index in [2.05, 4.69) is 20.6 Å². The fourth-order valence-corrected chi connectivity index (χ4v) is 2.83. The van der Waals surface area contributed by atoms with Crippen molar-refractivity contribution in [3.05, 3.63) is 47.9 Å². The number of nitrogens with one attached hydrogen (secondary N) is 1. The first-order valence-corrected chi connectivity index (χ1v) is 9.59. The highest BCUT2D eigenvalue weighted by molar-refractivity contribution is 5.89. The highest BCUT2D eigenvalue weighted by Gasteiger charge is 2.22. The number of benzene rings is 1. The zero-order valence-electron chi connectivity index (χ0n) is 17.7. The molecule has 0 spiro atoms. The zero-order chi connectivity index (χ0) is 21.9. The van der Waals surface area contributed by atoms with Gasteiger partial charge in [0.05, 0.1) is 22.9 Å². The summed E-state index contributed by atoms with van der Waals surface area (Å²) in [6.45, 7) is 8.74. The number of nitrogens with zero attached hydrogens (tertiary/aromatic N) is 4. The van der Waals surface area contributed by atoms with Gasteiger partial charge in [-0.15, -0.1) is 5.10 Å². The van der Waals surface area contributed by atoms with E-state index in [-0.39, 0.29) is 12.3 Å². The number of fused-ring (bicyclic) bond motifs is 1. The highest BCUT2D eigenvalue weighted by Crippen LogP contribution is 2.21.